The maximum atomic E-state index is 10.9. The normalized spacial score (nSPS) is 17.3. The Kier molecular flexibility index (Phi) is 3.86. The van der Waals surface area contributed by atoms with Crippen molar-refractivity contribution in [3.8, 4) is 5.75 Å². The molecule has 0 aromatic heterocycles. The molecule has 0 saturated heterocycles. The number of rotatable bonds is 3. The van der Waals surface area contributed by atoms with Gasteiger partial charge in [-0.05, 0) is 18.2 Å². The van der Waals surface area contributed by atoms with E-state index in [1.807, 2.05) is 0 Å². The van der Waals surface area contributed by atoms with E-state index >= 15 is 0 Å². The Morgan fingerprint density at radius 1 is 1.22 bits per heavy atom. The van der Waals surface area contributed by atoms with E-state index in [1.165, 1.54) is 12.1 Å². The highest BCUT2D eigenvalue weighted by Crippen LogP contribution is 2.30. The molecule has 1 aliphatic rings. The van der Waals surface area contributed by atoms with Gasteiger partial charge in [0.15, 0.2) is 0 Å². The van der Waals surface area contributed by atoms with Crippen LogP contribution in [0.5, 0.6) is 5.75 Å². The molecule has 0 radical (unpaired) electrons. The molecule has 1 atom stereocenters. The summed E-state index contributed by atoms with van der Waals surface area (Å²) in [4.78, 5) is 12.0. The van der Waals surface area contributed by atoms with Gasteiger partial charge in [-0.15, -0.1) is 0 Å². The summed E-state index contributed by atoms with van der Waals surface area (Å²) in [5.74, 6) is 0.0700. The van der Waals surface area contributed by atoms with Gasteiger partial charge in [0.05, 0.1) is 10.6 Å². The highest BCUT2D eigenvalue weighted by atomic mass is 16.6. The summed E-state index contributed by atoms with van der Waals surface area (Å²) in [5.41, 5.74) is 1.72. The molecule has 1 aliphatic heterocycles. The number of anilines is 1. The Balaban J connectivity index is 1.87. The minimum atomic E-state index is -1.05. The number of nitrogens with zero attached hydrogens (tertiary/aromatic N) is 2. The summed E-state index contributed by atoms with van der Waals surface area (Å²) < 4.78 is 0. The Hall–Kier alpha value is -3.06. The highest BCUT2D eigenvalue weighted by molar-refractivity contribution is 5.70. The molecule has 0 bridgehead atoms. The summed E-state index contributed by atoms with van der Waals surface area (Å²) in [5, 5.41) is 33.9. The number of nitrogens with one attached hydrogen (secondary N) is 1. The minimum Gasteiger partial charge on any atom is -0.506 e. The number of phenolic OH excluding ortho intramolecular Hbond substituents is 1. The number of para-hydroxylation sites is 2. The lowest BCUT2D eigenvalue weighted by atomic mass is 10.1. The summed E-state index contributed by atoms with van der Waals surface area (Å²) in [7, 11) is 0. The summed E-state index contributed by atoms with van der Waals surface area (Å²) in [6.45, 7) is 0.351. The number of nitro groups is 1. The van der Waals surface area contributed by atoms with Crippen LogP contribution >= 0.6 is 0 Å². The van der Waals surface area contributed by atoms with Crippen LogP contribution in [0.2, 0.25) is 0 Å². The number of benzene rings is 2. The van der Waals surface area contributed by atoms with Crippen LogP contribution in [0, 0.1) is 10.1 Å². The van der Waals surface area contributed by atoms with Crippen molar-refractivity contribution < 1.29 is 15.1 Å². The van der Waals surface area contributed by atoms with Crippen molar-refractivity contribution in [1.29, 1.82) is 0 Å². The minimum absolute atomic E-state index is 0.0113. The fourth-order valence-corrected chi connectivity index (χ4v) is 2.49. The van der Waals surface area contributed by atoms with Crippen molar-refractivity contribution in [2.75, 3.05) is 11.4 Å². The molecule has 0 fully saturated rings. The van der Waals surface area contributed by atoms with Gasteiger partial charge in [0.25, 0.3) is 5.69 Å². The Morgan fingerprint density at radius 2 is 2.00 bits per heavy atom. The number of hydrogen-bond acceptors (Lipinski definition) is 6. The van der Waals surface area contributed by atoms with Gasteiger partial charge in [-0.3, -0.25) is 10.1 Å². The number of non-ortho nitro benzene ring substituents is 1. The van der Waals surface area contributed by atoms with Gasteiger partial charge >= 0.3 is 0 Å². The van der Waals surface area contributed by atoms with E-state index in [4.69, 9.17) is 0 Å². The van der Waals surface area contributed by atoms with Crippen LogP contribution in [-0.4, -0.2) is 28.0 Å². The molecule has 3 N–H and O–H groups in total. The van der Waals surface area contributed by atoms with Crippen LogP contribution in [0.4, 0.5) is 11.4 Å². The number of hydrogen-bond donors (Lipinski definition) is 3. The maximum absolute atomic E-state index is 10.9. The molecule has 2 aromatic rings. The highest BCUT2D eigenvalue weighted by Gasteiger charge is 2.23. The molecule has 7 heteroatoms. The van der Waals surface area contributed by atoms with E-state index in [0.717, 1.165) is 0 Å². The van der Waals surface area contributed by atoms with Crippen LogP contribution in [0.25, 0.3) is 5.70 Å². The average molecular weight is 313 g/mol. The number of aliphatic hydroxyl groups is 1. The van der Waals surface area contributed by atoms with Gasteiger partial charge in [-0.25, -0.2) is 0 Å². The van der Waals surface area contributed by atoms with Crippen LogP contribution in [-0.2, 0) is 0 Å². The third-order valence-electron chi connectivity index (χ3n) is 3.63. The lowest BCUT2D eigenvalue weighted by Crippen LogP contribution is -2.48. The van der Waals surface area contributed by atoms with E-state index < -0.39 is 11.3 Å². The molecule has 3 rings (SSSR count). The lowest BCUT2D eigenvalue weighted by Gasteiger charge is -2.35. The van der Waals surface area contributed by atoms with Gasteiger partial charge in [0.1, 0.15) is 5.75 Å². The fourth-order valence-electron chi connectivity index (χ4n) is 2.49. The Bertz CT molecular complexity index is 775. The molecule has 1 heterocycles. The van der Waals surface area contributed by atoms with Gasteiger partial charge in [-0.1, -0.05) is 24.3 Å². The fraction of sp³-hybridized carbons (Fsp3) is 0.125. The predicted octanol–water partition coefficient (Wildman–Crippen LogP) is 2.03. The topological polar surface area (TPSA) is 98.9 Å². The van der Waals surface area contributed by atoms with E-state index in [9.17, 15) is 20.3 Å². The van der Waals surface area contributed by atoms with Crippen molar-refractivity contribution in [3.05, 3.63) is 70.3 Å². The van der Waals surface area contributed by atoms with Crippen LogP contribution in [0.15, 0.2) is 54.6 Å². The molecular weight excluding hydrogens is 298 g/mol. The Labute approximate surface area is 132 Å². The second kappa shape index (κ2) is 5.98. The van der Waals surface area contributed by atoms with Crippen molar-refractivity contribution in [1.82, 2.24) is 5.32 Å². The van der Waals surface area contributed by atoms with E-state index in [0.29, 0.717) is 23.5 Å². The molecule has 2 aromatic carbocycles. The zero-order valence-corrected chi connectivity index (χ0v) is 12.1. The van der Waals surface area contributed by atoms with Crippen LogP contribution in [0.3, 0.4) is 0 Å². The second-order valence-corrected chi connectivity index (χ2v) is 5.08. The molecule has 23 heavy (non-hydrogen) atoms. The third-order valence-corrected chi connectivity index (χ3v) is 3.63. The number of phenols is 1. The predicted molar refractivity (Wildman–Crippen MR) is 85.7 cm³/mol. The SMILES string of the molecule is O=[N+]([O-])c1cccc(C2=CCN(c3ccccc3O)C(O)N2)c1. The van der Waals surface area contributed by atoms with E-state index in [2.05, 4.69) is 5.32 Å². The number of aromatic hydroxyl groups is 1. The van der Waals surface area contributed by atoms with Gasteiger partial charge in [0, 0.05) is 29.9 Å². The monoisotopic (exact) mass is 313 g/mol. The first kappa shape index (κ1) is 14.9. The smallest absolute Gasteiger partial charge is 0.270 e. The zero-order valence-electron chi connectivity index (χ0n) is 12.1. The van der Waals surface area contributed by atoms with E-state index in [-0.39, 0.29) is 11.4 Å². The molecule has 0 amide bonds. The quantitative estimate of drug-likeness (QED) is 0.592. The summed E-state index contributed by atoms with van der Waals surface area (Å²) in [6.07, 6.45) is 0.751. The molecule has 0 saturated carbocycles. The first-order chi connectivity index (χ1) is 11.1. The van der Waals surface area contributed by atoms with Crippen LogP contribution < -0.4 is 10.2 Å². The summed E-state index contributed by atoms with van der Waals surface area (Å²) in [6, 6.07) is 12.9. The number of nitro benzene ring substituents is 1. The van der Waals surface area contributed by atoms with Crippen molar-refractivity contribution in [2.45, 2.75) is 6.35 Å². The largest absolute Gasteiger partial charge is 0.506 e. The number of aliphatic hydroxyl groups excluding tert-OH is 1. The van der Waals surface area contributed by atoms with Crippen molar-refractivity contribution in [2.24, 2.45) is 0 Å². The van der Waals surface area contributed by atoms with Gasteiger partial charge in [-0.2, -0.15) is 0 Å². The first-order valence-electron chi connectivity index (χ1n) is 7.00. The molecule has 0 aliphatic carbocycles. The van der Waals surface area contributed by atoms with E-state index in [1.54, 1.807) is 47.4 Å². The Morgan fingerprint density at radius 3 is 2.70 bits per heavy atom. The zero-order chi connectivity index (χ0) is 16.4. The molecule has 1 unspecified atom stereocenters. The van der Waals surface area contributed by atoms with Crippen molar-refractivity contribution >= 4 is 17.1 Å². The van der Waals surface area contributed by atoms with Gasteiger partial charge < -0.3 is 20.4 Å². The average Bonchev–Trinajstić information content (AvgIpc) is 2.56. The van der Waals surface area contributed by atoms with Crippen LogP contribution in [0.1, 0.15) is 5.56 Å². The third kappa shape index (κ3) is 2.95. The second-order valence-electron chi connectivity index (χ2n) is 5.08. The molecule has 118 valence electrons. The van der Waals surface area contributed by atoms with Crippen molar-refractivity contribution in [3.63, 3.8) is 0 Å². The maximum Gasteiger partial charge on any atom is 0.270 e. The molecule has 7 nitrogen and oxygen atoms in total. The lowest BCUT2D eigenvalue weighted by molar-refractivity contribution is -0.384. The standard InChI is InChI=1S/C16H15N3O4/c20-15-7-2-1-6-14(15)18-9-8-13(17-16(18)21)11-4-3-5-12(10-11)19(22)23/h1-8,10,16-17,20-21H,9H2. The van der Waals surface area contributed by atoms with Gasteiger partial charge in [0.2, 0.25) is 6.35 Å². The first-order valence-corrected chi connectivity index (χ1v) is 7.00. The summed E-state index contributed by atoms with van der Waals surface area (Å²) >= 11 is 0. The molecule has 0 spiro atoms. The molecular formula is C16H15N3O4.